The molecule has 1 amide bonds. The van der Waals surface area contributed by atoms with Crippen LogP contribution in [-0.4, -0.2) is 16.6 Å². The highest BCUT2D eigenvalue weighted by atomic mass is 35.5. The molecule has 2 aromatic carbocycles. The van der Waals surface area contributed by atoms with Gasteiger partial charge in [-0.3, -0.25) is 4.79 Å². The Morgan fingerprint density at radius 2 is 2.00 bits per heavy atom. The van der Waals surface area contributed by atoms with Crippen LogP contribution in [0.4, 0.5) is 5.13 Å². The van der Waals surface area contributed by atoms with Crippen molar-refractivity contribution < 1.29 is 4.79 Å². The zero-order valence-electron chi connectivity index (χ0n) is 12.7. The number of halogens is 1. The van der Waals surface area contributed by atoms with E-state index < -0.39 is 0 Å². The molecule has 3 rings (SSSR count). The van der Waals surface area contributed by atoms with E-state index in [1.165, 1.54) is 23.1 Å². The van der Waals surface area contributed by atoms with Crippen molar-refractivity contribution >= 4 is 45.7 Å². The van der Waals surface area contributed by atoms with Gasteiger partial charge in [0.2, 0.25) is 5.91 Å². The van der Waals surface area contributed by atoms with Gasteiger partial charge in [-0.15, -0.1) is 23.1 Å². The average molecular weight is 375 g/mol. The van der Waals surface area contributed by atoms with E-state index in [4.69, 9.17) is 11.6 Å². The summed E-state index contributed by atoms with van der Waals surface area (Å²) in [6, 6.07) is 17.6. The summed E-state index contributed by atoms with van der Waals surface area (Å²) in [7, 11) is 0. The second-order valence-electron chi connectivity index (χ2n) is 5.09. The first kappa shape index (κ1) is 17.0. The van der Waals surface area contributed by atoms with Gasteiger partial charge < -0.3 is 5.32 Å². The molecule has 3 nitrogen and oxygen atoms in total. The van der Waals surface area contributed by atoms with Crippen molar-refractivity contribution in [2.45, 2.75) is 11.3 Å². The molecule has 1 aromatic heterocycles. The van der Waals surface area contributed by atoms with Crippen molar-refractivity contribution in [1.29, 1.82) is 0 Å². The molecule has 24 heavy (non-hydrogen) atoms. The lowest BCUT2D eigenvalue weighted by molar-refractivity contribution is -0.113. The molecular weight excluding hydrogens is 360 g/mol. The Balaban J connectivity index is 1.53. The van der Waals surface area contributed by atoms with Crippen LogP contribution in [0.1, 0.15) is 10.4 Å². The number of aromatic nitrogens is 1. The Morgan fingerprint density at radius 3 is 2.79 bits per heavy atom. The number of rotatable bonds is 6. The minimum atomic E-state index is -0.0486. The largest absolute Gasteiger partial charge is 0.301 e. The maximum Gasteiger partial charge on any atom is 0.236 e. The van der Waals surface area contributed by atoms with Gasteiger partial charge >= 0.3 is 0 Å². The van der Waals surface area contributed by atoms with Crippen LogP contribution < -0.4 is 5.32 Å². The molecule has 1 heterocycles. The quantitative estimate of drug-likeness (QED) is 0.609. The molecule has 0 aliphatic rings. The van der Waals surface area contributed by atoms with Gasteiger partial charge in [0, 0.05) is 27.4 Å². The van der Waals surface area contributed by atoms with Gasteiger partial charge in [0.15, 0.2) is 5.13 Å². The molecule has 0 saturated heterocycles. The van der Waals surface area contributed by atoms with Crippen molar-refractivity contribution in [3.8, 4) is 0 Å². The summed E-state index contributed by atoms with van der Waals surface area (Å²) < 4.78 is 0. The molecular formula is C18H15ClN2OS2. The van der Waals surface area contributed by atoms with Crippen LogP contribution in [0.2, 0.25) is 5.02 Å². The van der Waals surface area contributed by atoms with Crippen LogP contribution >= 0.6 is 34.7 Å². The van der Waals surface area contributed by atoms with Gasteiger partial charge in [-0.2, -0.15) is 0 Å². The van der Waals surface area contributed by atoms with E-state index in [0.29, 0.717) is 10.9 Å². The summed E-state index contributed by atoms with van der Waals surface area (Å²) in [6.07, 6.45) is 2.55. The summed E-state index contributed by atoms with van der Waals surface area (Å²) in [4.78, 5) is 18.5. The molecule has 0 aliphatic heterocycles. The number of hydrogen-bond donors (Lipinski definition) is 1. The summed E-state index contributed by atoms with van der Waals surface area (Å²) in [5, 5.41) is 4.21. The number of nitrogens with one attached hydrogen (secondary N) is 1. The Bertz CT molecular complexity index is 821. The number of hydrogen-bond acceptors (Lipinski definition) is 4. The molecule has 0 bridgehead atoms. The van der Waals surface area contributed by atoms with E-state index in [2.05, 4.69) is 10.3 Å². The van der Waals surface area contributed by atoms with Crippen LogP contribution in [0.25, 0.3) is 0 Å². The second-order valence-corrected chi connectivity index (χ2v) is 7.69. The summed E-state index contributed by atoms with van der Waals surface area (Å²) in [5.41, 5.74) is 1.13. The standard InChI is InChI=1S/C18H15ClN2OS2/c19-14-6-4-5-13(9-14)10-16-11-20-18(24-16)21-17(22)12-23-15-7-2-1-3-8-15/h1-9,11H,10,12H2,(H,20,21,22). The average Bonchev–Trinajstić information content (AvgIpc) is 3.01. The van der Waals surface area contributed by atoms with Crippen molar-refractivity contribution in [2.75, 3.05) is 11.1 Å². The predicted octanol–water partition coefficient (Wildman–Crippen LogP) is 5.12. The molecule has 0 atom stereocenters. The van der Waals surface area contributed by atoms with Crippen molar-refractivity contribution in [1.82, 2.24) is 4.98 Å². The normalized spacial score (nSPS) is 10.5. The molecule has 0 spiro atoms. The highest BCUT2D eigenvalue weighted by molar-refractivity contribution is 8.00. The molecule has 0 radical (unpaired) electrons. The predicted molar refractivity (Wildman–Crippen MR) is 102 cm³/mol. The topological polar surface area (TPSA) is 42.0 Å². The van der Waals surface area contributed by atoms with E-state index in [0.717, 1.165) is 26.8 Å². The lowest BCUT2D eigenvalue weighted by atomic mass is 10.1. The summed E-state index contributed by atoms with van der Waals surface area (Å²) in [5.74, 6) is 0.320. The molecule has 3 aromatic rings. The fourth-order valence-electron chi connectivity index (χ4n) is 2.12. The SMILES string of the molecule is O=C(CSc1ccccc1)Nc1ncc(Cc2cccc(Cl)c2)s1. The van der Waals surface area contributed by atoms with Crippen molar-refractivity contribution in [2.24, 2.45) is 0 Å². The zero-order chi connectivity index (χ0) is 16.8. The molecule has 122 valence electrons. The van der Waals surface area contributed by atoms with Crippen LogP contribution in [-0.2, 0) is 11.2 Å². The Labute approximate surface area is 154 Å². The third-order valence-corrected chi connectivity index (χ3v) is 5.34. The van der Waals surface area contributed by atoms with E-state index in [9.17, 15) is 4.79 Å². The molecule has 0 unspecified atom stereocenters. The third kappa shape index (κ3) is 5.09. The Kier molecular flexibility index (Phi) is 5.91. The number of benzene rings is 2. The van der Waals surface area contributed by atoms with Gasteiger partial charge in [-0.1, -0.05) is 41.9 Å². The van der Waals surface area contributed by atoms with Gasteiger partial charge in [-0.25, -0.2) is 4.98 Å². The third-order valence-electron chi connectivity index (χ3n) is 3.18. The lowest BCUT2D eigenvalue weighted by Crippen LogP contribution is -2.13. The number of anilines is 1. The molecule has 1 N–H and O–H groups in total. The zero-order valence-corrected chi connectivity index (χ0v) is 15.1. The first-order chi connectivity index (χ1) is 11.7. The fraction of sp³-hybridized carbons (Fsp3) is 0.111. The minimum absolute atomic E-state index is 0.0486. The summed E-state index contributed by atoms with van der Waals surface area (Å²) >= 11 is 9.00. The highest BCUT2D eigenvalue weighted by Crippen LogP contribution is 2.23. The van der Waals surface area contributed by atoms with Crippen LogP contribution in [0.15, 0.2) is 65.7 Å². The van der Waals surface area contributed by atoms with Gasteiger partial charge in [0.1, 0.15) is 0 Å². The molecule has 6 heteroatoms. The van der Waals surface area contributed by atoms with Crippen LogP contribution in [0, 0.1) is 0 Å². The highest BCUT2D eigenvalue weighted by Gasteiger charge is 2.08. The maximum absolute atomic E-state index is 12.0. The summed E-state index contributed by atoms with van der Waals surface area (Å²) in [6.45, 7) is 0. The number of nitrogens with zero attached hydrogens (tertiary/aromatic N) is 1. The lowest BCUT2D eigenvalue weighted by Gasteiger charge is -2.02. The first-order valence-corrected chi connectivity index (χ1v) is 9.54. The molecule has 0 fully saturated rings. The van der Waals surface area contributed by atoms with Gasteiger partial charge in [-0.05, 0) is 29.8 Å². The van der Waals surface area contributed by atoms with E-state index in [1.807, 2.05) is 54.6 Å². The number of carbonyl (C=O) groups excluding carboxylic acids is 1. The van der Waals surface area contributed by atoms with E-state index in [-0.39, 0.29) is 5.91 Å². The monoisotopic (exact) mass is 374 g/mol. The van der Waals surface area contributed by atoms with Gasteiger partial charge in [0.05, 0.1) is 5.75 Å². The number of carbonyl (C=O) groups is 1. The van der Waals surface area contributed by atoms with Crippen molar-refractivity contribution in [3.05, 3.63) is 76.3 Å². The number of thiazole rings is 1. The van der Waals surface area contributed by atoms with Crippen LogP contribution in [0.3, 0.4) is 0 Å². The van der Waals surface area contributed by atoms with Crippen molar-refractivity contribution in [3.63, 3.8) is 0 Å². The Hall–Kier alpha value is -1.82. The first-order valence-electron chi connectivity index (χ1n) is 7.36. The number of thioether (sulfide) groups is 1. The fourth-order valence-corrected chi connectivity index (χ4v) is 3.91. The smallest absolute Gasteiger partial charge is 0.236 e. The second kappa shape index (κ2) is 8.33. The number of amides is 1. The maximum atomic E-state index is 12.0. The van der Waals surface area contributed by atoms with Gasteiger partial charge in [0.25, 0.3) is 0 Å². The Morgan fingerprint density at radius 1 is 1.17 bits per heavy atom. The molecule has 0 aliphatic carbocycles. The van der Waals surface area contributed by atoms with Crippen LogP contribution in [0.5, 0.6) is 0 Å². The minimum Gasteiger partial charge on any atom is -0.301 e. The van der Waals surface area contributed by atoms with E-state index in [1.54, 1.807) is 6.20 Å². The van der Waals surface area contributed by atoms with E-state index >= 15 is 0 Å². The molecule has 0 saturated carbocycles.